The average Bonchev–Trinajstić information content (AvgIpc) is 3.26. The van der Waals surface area contributed by atoms with Crippen molar-refractivity contribution in [1.29, 1.82) is 0 Å². The molecule has 0 spiro atoms. The fourth-order valence-corrected chi connectivity index (χ4v) is 4.17. The van der Waals surface area contributed by atoms with E-state index in [0.717, 1.165) is 33.4 Å². The van der Waals surface area contributed by atoms with Gasteiger partial charge in [-0.1, -0.05) is 42.5 Å². The smallest absolute Gasteiger partial charge is 0.339 e. The van der Waals surface area contributed by atoms with Gasteiger partial charge in [-0.2, -0.15) is 4.57 Å². The first-order valence-corrected chi connectivity index (χ1v) is 10.6. The molecule has 32 heavy (non-hydrogen) atoms. The van der Waals surface area contributed by atoms with Crippen LogP contribution < -0.4 is 4.57 Å². The first-order chi connectivity index (χ1) is 15.7. The van der Waals surface area contributed by atoms with Crippen molar-refractivity contribution in [2.24, 2.45) is 0 Å². The van der Waals surface area contributed by atoms with E-state index in [-0.39, 0.29) is 11.8 Å². The third kappa shape index (κ3) is 3.52. The van der Waals surface area contributed by atoms with Gasteiger partial charge in [0.1, 0.15) is 16.9 Å². The molecule has 5 heteroatoms. The van der Waals surface area contributed by atoms with Gasteiger partial charge in [-0.15, -0.1) is 0 Å². The second-order valence-electron chi connectivity index (χ2n) is 7.62. The lowest BCUT2D eigenvalue weighted by Gasteiger charge is -2.11. The highest BCUT2D eigenvalue weighted by Gasteiger charge is 2.26. The summed E-state index contributed by atoms with van der Waals surface area (Å²) in [6, 6.07) is 26.6. The number of carbonyl (C=O) groups excluding carboxylic acids is 1. The molecule has 4 nitrogen and oxygen atoms in total. The lowest BCUT2D eigenvalue weighted by Crippen LogP contribution is -2.38. The highest BCUT2D eigenvalue weighted by atomic mass is 19.1. The number of rotatable bonds is 5. The Morgan fingerprint density at radius 2 is 1.66 bits per heavy atom. The van der Waals surface area contributed by atoms with E-state index in [0.29, 0.717) is 18.7 Å². The zero-order valence-electron chi connectivity index (χ0n) is 17.7. The monoisotopic (exact) mass is 425 g/mol. The SMILES string of the molecule is CCOC(=O)c1cc2c(-c3ccc(F)cc3)[n+](Cc3ccccc3)c3ccccc3n2c1. The summed E-state index contributed by atoms with van der Waals surface area (Å²) in [4.78, 5) is 12.5. The molecule has 0 aliphatic carbocycles. The van der Waals surface area contributed by atoms with Crippen molar-refractivity contribution >= 4 is 22.5 Å². The molecule has 0 atom stereocenters. The van der Waals surface area contributed by atoms with Gasteiger partial charge in [0, 0.05) is 23.4 Å². The van der Waals surface area contributed by atoms with Crippen molar-refractivity contribution < 1.29 is 18.5 Å². The highest BCUT2D eigenvalue weighted by molar-refractivity contribution is 5.94. The molecule has 0 bridgehead atoms. The summed E-state index contributed by atoms with van der Waals surface area (Å²) >= 11 is 0. The van der Waals surface area contributed by atoms with Crippen LogP contribution in [0.5, 0.6) is 0 Å². The van der Waals surface area contributed by atoms with E-state index >= 15 is 0 Å². The molecule has 0 unspecified atom stereocenters. The summed E-state index contributed by atoms with van der Waals surface area (Å²) in [5, 5.41) is 0. The molecule has 0 saturated carbocycles. The lowest BCUT2D eigenvalue weighted by atomic mass is 10.1. The van der Waals surface area contributed by atoms with E-state index in [2.05, 4.69) is 22.8 Å². The minimum absolute atomic E-state index is 0.289. The highest BCUT2D eigenvalue weighted by Crippen LogP contribution is 2.28. The molecule has 0 saturated heterocycles. The van der Waals surface area contributed by atoms with Crippen LogP contribution >= 0.6 is 0 Å². The maximum absolute atomic E-state index is 13.7. The summed E-state index contributed by atoms with van der Waals surface area (Å²) in [7, 11) is 0. The van der Waals surface area contributed by atoms with Crippen LogP contribution in [-0.4, -0.2) is 17.0 Å². The number of ether oxygens (including phenoxy) is 1. The van der Waals surface area contributed by atoms with Crippen molar-refractivity contribution in [3.63, 3.8) is 0 Å². The van der Waals surface area contributed by atoms with E-state index in [9.17, 15) is 9.18 Å². The second-order valence-corrected chi connectivity index (χ2v) is 7.62. The van der Waals surface area contributed by atoms with Crippen LogP contribution in [0.2, 0.25) is 0 Å². The van der Waals surface area contributed by atoms with E-state index < -0.39 is 0 Å². The van der Waals surface area contributed by atoms with Crippen LogP contribution in [-0.2, 0) is 11.3 Å². The van der Waals surface area contributed by atoms with Crippen LogP contribution in [0.4, 0.5) is 4.39 Å². The van der Waals surface area contributed by atoms with Crippen LogP contribution in [0.15, 0.2) is 91.1 Å². The molecular weight excluding hydrogens is 403 g/mol. The first-order valence-electron chi connectivity index (χ1n) is 10.6. The maximum Gasteiger partial charge on any atom is 0.339 e. The van der Waals surface area contributed by atoms with E-state index in [1.807, 2.05) is 53.1 Å². The number of halogens is 1. The van der Waals surface area contributed by atoms with Gasteiger partial charge in [0.2, 0.25) is 11.2 Å². The topological polar surface area (TPSA) is 34.6 Å². The number of esters is 1. The summed E-state index contributed by atoms with van der Waals surface area (Å²) in [6.07, 6.45) is 1.82. The molecule has 0 aliphatic rings. The summed E-state index contributed by atoms with van der Waals surface area (Å²) in [6.45, 7) is 2.73. The molecule has 0 aliphatic heterocycles. The Labute approximate surface area is 185 Å². The second kappa shape index (κ2) is 8.27. The van der Waals surface area contributed by atoms with Crippen LogP contribution in [0.1, 0.15) is 22.8 Å². The number of hydrogen-bond donors (Lipinski definition) is 0. The normalized spacial score (nSPS) is 11.2. The molecule has 2 heterocycles. The Morgan fingerprint density at radius 3 is 2.41 bits per heavy atom. The Kier molecular flexibility index (Phi) is 5.15. The quantitative estimate of drug-likeness (QED) is 0.279. The Morgan fingerprint density at radius 1 is 0.938 bits per heavy atom. The lowest BCUT2D eigenvalue weighted by molar-refractivity contribution is -0.650. The number of nitrogens with zero attached hydrogens (tertiary/aromatic N) is 2. The average molecular weight is 425 g/mol. The van der Waals surface area contributed by atoms with Gasteiger partial charge in [0.15, 0.2) is 6.54 Å². The first kappa shape index (κ1) is 19.9. The zero-order chi connectivity index (χ0) is 22.1. The fraction of sp³-hybridized carbons (Fsp3) is 0.111. The molecule has 0 radical (unpaired) electrons. The fourth-order valence-electron chi connectivity index (χ4n) is 4.17. The standard InChI is InChI=1S/C27H22FN2O2/c1-2-32-27(31)21-16-25-26(20-12-14-22(28)15-13-20)30(17-19-8-4-3-5-9-19)24-11-7-6-10-23(24)29(25)18-21/h3-16,18H,2,17H2,1H3/q+1. The third-order valence-corrected chi connectivity index (χ3v) is 5.58. The van der Waals surface area contributed by atoms with Crippen molar-refractivity contribution in [3.8, 4) is 11.3 Å². The van der Waals surface area contributed by atoms with Gasteiger partial charge in [0.25, 0.3) is 0 Å². The van der Waals surface area contributed by atoms with Gasteiger partial charge in [0.05, 0.1) is 12.2 Å². The summed E-state index contributed by atoms with van der Waals surface area (Å²) in [5.41, 5.74) is 6.24. The number of para-hydroxylation sites is 2. The number of carbonyl (C=O) groups is 1. The molecular formula is C27H22FN2O2+. The number of fused-ring (bicyclic) bond motifs is 3. The molecule has 0 N–H and O–H groups in total. The van der Waals surface area contributed by atoms with E-state index in [1.54, 1.807) is 19.1 Å². The predicted molar refractivity (Wildman–Crippen MR) is 122 cm³/mol. The van der Waals surface area contributed by atoms with Crippen LogP contribution in [0, 0.1) is 5.82 Å². The minimum Gasteiger partial charge on any atom is -0.462 e. The van der Waals surface area contributed by atoms with Crippen molar-refractivity contribution in [3.05, 3.63) is 108 Å². The van der Waals surface area contributed by atoms with Crippen molar-refractivity contribution in [2.45, 2.75) is 13.5 Å². The van der Waals surface area contributed by atoms with Crippen molar-refractivity contribution in [2.75, 3.05) is 6.61 Å². The zero-order valence-corrected chi connectivity index (χ0v) is 17.7. The molecule has 0 amide bonds. The maximum atomic E-state index is 13.7. The summed E-state index contributed by atoms with van der Waals surface area (Å²) in [5.74, 6) is -0.650. The molecule has 0 fully saturated rings. The Balaban J connectivity index is 1.86. The van der Waals surface area contributed by atoms with E-state index in [4.69, 9.17) is 4.74 Å². The predicted octanol–water partition coefficient (Wildman–Crippen LogP) is 5.41. The minimum atomic E-state index is -0.361. The molecule has 158 valence electrons. The van der Waals surface area contributed by atoms with Gasteiger partial charge in [-0.05, 0) is 43.3 Å². The van der Waals surface area contributed by atoms with E-state index in [1.165, 1.54) is 12.1 Å². The molecule has 5 rings (SSSR count). The summed E-state index contributed by atoms with van der Waals surface area (Å²) < 4.78 is 23.2. The van der Waals surface area contributed by atoms with Gasteiger partial charge in [-0.25, -0.2) is 9.18 Å². The molecule has 3 aromatic carbocycles. The van der Waals surface area contributed by atoms with Crippen LogP contribution in [0.25, 0.3) is 27.8 Å². The third-order valence-electron chi connectivity index (χ3n) is 5.58. The van der Waals surface area contributed by atoms with Gasteiger partial charge < -0.3 is 9.14 Å². The number of aromatic nitrogens is 2. The number of benzene rings is 3. The van der Waals surface area contributed by atoms with Crippen molar-refractivity contribution in [1.82, 2.24) is 4.40 Å². The Bertz CT molecular complexity index is 1420. The molecule has 5 aromatic rings. The molecule has 2 aromatic heterocycles. The number of hydrogen-bond acceptors (Lipinski definition) is 2. The Hall–Kier alpha value is -3.99. The largest absolute Gasteiger partial charge is 0.462 e. The van der Waals surface area contributed by atoms with Crippen LogP contribution in [0.3, 0.4) is 0 Å². The van der Waals surface area contributed by atoms with Gasteiger partial charge in [-0.3, -0.25) is 0 Å². The van der Waals surface area contributed by atoms with Gasteiger partial charge >= 0.3 is 5.97 Å².